The third-order valence-electron chi connectivity index (χ3n) is 8.97. The minimum atomic E-state index is -3.77. The lowest BCUT2D eigenvalue weighted by molar-refractivity contribution is -0.276. The van der Waals surface area contributed by atoms with Gasteiger partial charge in [-0.1, -0.05) is 97.9 Å². The zero-order valence-electron chi connectivity index (χ0n) is 26.3. The number of aliphatic hydroxyl groups excluding tert-OH is 1. The minimum Gasteiger partial charge on any atom is -0.392 e. The molecule has 0 radical (unpaired) electrons. The highest BCUT2D eigenvalue weighted by molar-refractivity contribution is 7.92. The van der Waals surface area contributed by atoms with Crippen LogP contribution in [-0.2, 0) is 26.1 Å². The van der Waals surface area contributed by atoms with Crippen molar-refractivity contribution in [2.45, 2.75) is 49.9 Å². The third kappa shape index (κ3) is 7.02. The van der Waals surface area contributed by atoms with E-state index in [0.29, 0.717) is 17.8 Å². The van der Waals surface area contributed by atoms with Crippen LogP contribution in [0.2, 0.25) is 0 Å². The summed E-state index contributed by atoms with van der Waals surface area (Å²) >= 11 is 0. The van der Waals surface area contributed by atoms with E-state index in [2.05, 4.69) is 73.0 Å². The molecule has 0 aromatic heterocycles. The number of hydrogen-bond donors (Lipinski definition) is 2. The van der Waals surface area contributed by atoms with Gasteiger partial charge in [-0.05, 0) is 71.8 Å². The van der Waals surface area contributed by atoms with Gasteiger partial charge in [0.05, 0.1) is 23.7 Å². The molecule has 0 saturated carbocycles. The number of ether oxygens (including phenoxy) is 2. The van der Waals surface area contributed by atoms with Gasteiger partial charge in [0.2, 0.25) is 0 Å². The van der Waals surface area contributed by atoms with Crippen molar-refractivity contribution in [2.24, 2.45) is 5.92 Å². The van der Waals surface area contributed by atoms with Crippen molar-refractivity contribution in [3.63, 3.8) is 0 Å². The lowest BCUT2D eigenvalue weighted by Gasteiger charge is -2.43. The van der Waals surface area contributed by atoms with Crippen molar-refractivity contribution in [3.8, 4) is 0 Å². The zero-order valence-corrected chi connectivity index (χ0v) is 27.1. The Bertz CT molecular complexity index is 1880. The highest BCUT2D eigenvalue weighted by Crippen LogP contribution is 2.42. The van der Waals surface area contributed by atoms with Gasteiger partial charge in [0.1, 0.15) is 0 Å². The zero-order chi connectivity index (χ0) is 32.3. The second kappa shape index (κ2) is 13.7. The lowest BCUT2D eigenvalue weighted by atomic mass is 9.89. The summed E-state index contributed by atoms with van der Waals surface area (Å²) in [5.41, 5.74) is 4.20. The molecule has 5 atom stereocenters. The van der Waals surface area contributed by atoms with Crippen molar-refractivity contribution in [1.82, 2.24) is 4.90 Å². The molecule has 8 heteroatoms. The fourth-order valence-corrected chi connectivity index (χ4v) is 7.13. The van der Waals surface area contributed by atoms with Crippen LogP contribution in [0.15, 0.2) is 126 Å². The number of fused-ring (bicyclic) bond motifs is 1. The maximum atomic E-state index is 13.1. The summed E-state index contributed by atoms with van der Waals surface area (Å²) in [6.45, 7) is 4.98. The molecule has 6 rings (SSSR count). The number of hydrogen-bond acceptors (Lipinski definition) is 6. The number of anilines is 1. The summed E-state index contributed by atoms with van der Waals surface area (Å²) in [6.07, 6.45) is -1.21. The summed E-state index contributed by atoms with van der Waals surface area (Å²) in [7, 11) is -1.65. The van der Waals surface area contributed by atoms with Gasteiger partial charge in [-0.15, -0.1) is 0 Å². The van der Waals surface area contributed by atoms with E-state index in [-0.39, 0.29) is 35.7 Å². The minimum absolute atomic E-state index is 0.00208. The van der Waals surface area contributed by atoms with Gasteiger partial charge in [0.15, 0.2) is 6.29 Å². The molecule has 1 aliphatic rings. The van der Waals surface area contributed by atoms with Crippen molar-refractivity contribution >= 4 is 26.5 Å². The smallest absolute Gasteiger partial charge is 0.261 e. The molecule has 46 heavy (non-hydrogen) atoms. The summed E-state index contributed by atoms with van der Waals surface area (Å²) in [5.74, 6) is 0.00208. The molecule has 5 aromatic rings. The normalized spacial score (nSPS) is 20.9. The molecule has 238 valence electrons. The topological polar surface area (TPSA) is 88.1 Å². The van der Waals surface area contributed by atoms with Gasteiger partial charge in [0, 0.05) is 29.8 Å². The van der Waals surface area contributed by atoms with Gasteiger partial charge in [0.25, 0.3) is 10.0 Å². The monoisotopic (exact) mass is 636 g/mol. The molecule has 1 heterocycles. The second-order valence-corrected chi connectivity index (χ2v) is 13.8. The van der Waals surface area contributed by atoms with Crippen LogP contribution >= 0.6 is 0 Å². The van der Waals surface area contributed by atoms with Crippen molar-refractivity contribution < 1.29 is 23.0 Å². The molecule has 2 N–H and O–H groups in total. The van der Waals surface area contributed by atoms with E-state index in [1.54, 1.807) is 48.5 Å². The highest BCUT2D eigenvalue weighted by atomic mass is 32.2. The average Bonchev–Trinajstić information content (AvgIpc) is 3.09. The van der Waals surface area contributed by atoms with Crippen LogP contribution < -0.4 is 4.72 Å². The Kier molecular flexibility index (Phi) is 9.54. The van der Waals surface area contributed by atoms with E-state index in [4.69, 9.17) is 9.47 Å². The largest absolute Gasteiger partial charge is 0.392 e. The molecule has 7 nitrogen and oxygen atoms in total. The number of nitrogens with one attached hydrogen (secondary N) is 1. The average molecular weight is 637 g/mol. The predicted octanol–water partition coefficient (Wildman–Crippen LogP) is 7.62. The summed E-state index contributed by atoms with van der Waals surface area (Å²) in [6, 6.07) is 38.4. The Labute approximate surface area is 271 Å². The number of sulfonamides is 1. The van der Waals surface area contributed by atoms with E-state index in [0.717, 1.165) is 11.1 Å². The van der Waals surface area contributed by atoms with Gasteiger partial charge < -0.3 is 14.6 Å². The molecule has 0 aliphatic carbocycles. The van der Waals surface area contributed by atoms with Crippen molar-refractivity contribution in [1.29, 1.82) is 0 Å². The fourth-order valence-electron chi connectivity index (χ4n) is 6.05. The molecule has 5 unspecified atom stereocenters. The first-order chi connectivity index (χ1) is 22.2. The number of nitrogens with zero attached hydrogens (tertiary/aromatic N) is 1. The number of likely N-dealkylation sites (N-methyl/N-ethyl adjacent to an activating group) is 1. The molecule has 1 saturated heterocycles. The van der Waals surface area contributed by atoms with Crippen LogP contribution in [0.4, 0.5) is 5.69 Å². The Hall–Kier alpha value is -4.05. The standard InChI is InChI=1S/C38H40N2O5S/c1-26-36(24-40(3)27(2)31-21-20-29-10-7-8-11-32(29)22-31)44-38(45-37(26)30-18-16-28(25-41)17-19-30)33-12-9-13-34(23-33)39-46(42,43)35-14-5-4-6-15-35/h4-23,26-27,36-39,41H,24-25H2,1-3H3. The van der Waals surface area contributed by atoms with Gasteiger partial charge in [-0.2, -0.15) is 0 Å². The number of rotatable bonds is 10. The van der Waals surface area contributed by atoms with E-state index >= 15 is 0 Å². The molecule has 1 aliphatic heterocycles. The molecule has 0 bridgehead atoms. The fraction of sp³-hybridized carbons (Fsp3) is 0.263. The SMILES string of the molecule is CC1C(CN(C)C(C)c2ccc3ccccc3c2)OC(c2cccc(NS(=O)(=O)c3ccccc3)c2)OC1c1ccc(CO)cc1. The van der Waals surface area contributed by atoms with Gasteiger partial charge in [-0.3, -0.25) is 9.62 Å². The second-order valence-electron chi connectivity index (χ2n) is 12.1. The van der Waals surface area contributed by atoms with Crippen LogP contribution in [0, 0.1) is 5.92 Å². The van der Waals surface area contributed by atoms with Crippen LogP contribution in [0.25, 0.3) is 10.8 Å². The van der Waals surface area contributed by atoms with Crippen molar-refractivity contribution in [3.05, 3.63) is 144 Å². The highest BCUT2D eigenvalue weighted by Gasteiger charge is 2.39. The van der Waals surface area contributed by atoms with Crippen LogP contribution in [0.1, 0.15) is 54.5 Å². The summed E-state index contributed by atoms with van der Waals surface area (Å²) < 4.78 is 42.1. The summed E-state index contributed by atoms with van der Waals surface area (Å²) in [4.78, 5) is 2.50. The first-order valence-electron chi connectivity index (χ1n) is 15.6. The maximum Gasteiger partial charge on any atom is 0.261 e. The first-order valence-corrected chi connectivity index (χ1v) is 17.1. The van der Waals surface area contributed by atoms with E-state index in [1.807, 2.05) is 30.3 Å². The third-order valence-corrected chi connectivity index (χ3v) is 10.4. The maximum absolute atomic E-state index is 13.1. The molecule has 5 aromatic carbocycles. The number of aliphatic hydroxyl groups is 1. The van der Waals surface area contributed by atoms with E-state index in [9.17, 15) is 13.5 Å². The van der Waals surface area contributed by atoms with Crippen LogP contribution in [0.5, 0.6) is 0 Å². The number of benzene rings is 5. The quantitative estimate of drug-likeness (QED) is 0.164. The lowest BCUT2D eigenvalue weighted by Crippen LogP contribution is -2.44. The van der Waals surface area contributed by atoms with Crippen LogP contribution in [-0.4, -0.2) is 38.1 Å². The first kappa shape index (κ1) is 31.9. The van der Waals surface area contributed by atoms with E-state index < -0.39 is 16.3 Å². The Balaban J connectivity index is 1.27. The molecule has 1 fully saturated rings. The van der Waals surface area contributed by atoms with E-state index in [1.165, 1.54) is 16.3 Å². The van der Waals surface area contributed by atoms with Crippen LogP contribution in [0.3, 0.4) is 0 Å². The Morgan fingerprint density at radius 2 is 1.52 bits per heavy atom. The molecule has 0 spiro atoms. The van der Waals surface area contributed by atoms with Crippen molar-refractivity contribution in [2.75, 3.05) is 18.3 Å². The Morgan fingerprint density at radius 1 is 0.804 bits per heavy atom. The van der Waals surface area contributed by atoms with Gasteiger partial charge in [-0.25, -0.2) is 8.42 Å². The summed E-state index contributed by atoms with van der Waals surface area (Å²) in [5, 5.41) is 12.0. The predicted molar refractivity (Wildman–Crippen MR) is 182 cm³/mol. The molecular formula is C38H40N2O5S. The molecular weight excluding hydrogens is 596 g/mol. The molecule has 0 amide bonds. The van der Waals surface area contributed by atoms with Gasteiger partial charge >= 0.3 is 0 Å². The Morgan fingerprint density at radius 3 is 2.26 bits per heavy atom.